The van der Waals surface area contributed by atoms with Crippen molar-refractivity contribution < 1.29 is 0 Å². The zero-order chi connectivity index (χ0) is 12.2. The summed E-state index contributed by atoms with van der Waals surface area (Å²) in [6, 6.07) is 10.0. The van der Waals surface area contributed by atoms with Gasteiger partial charge in [-0.15, -0.1) is 0 Å². The van der Waals surface area contributed by atoms with E-state index in [2.05, 4.69) is 4.99 Å². The molecule has 0 unspecified atom stereocenters. The molecule has 0 amide bonds. The monoisotopic (exact) mass is 257 g/mol. The van der Waals surface area contributed by atoms with Gasteiger partial charge in [0.15, 0.2) is 4.33 Å². The highest BCUT2D eigenvalue weighted by atomic mass is 35.5. The van der Waals surface area contributed by atoms with E-state index in [-0.39, 0.29) is 6.04 Å². The molecule has 0 radical (unpaired) electrons. The van der Waals surface area contributed by atoms with Crippen molar-refractivity contribution in [2.45, 2.75) is 37.6 Å². The van der Waals surface area contributed by atoms with E-state index in [1.165, 1.54) is 0 Å². The molecule has 0 aliphatic carbocycles. The quantitative estimate of drug-likeness (QED) is 0.558. The van der Waals surface area contributed by atoms with Crippen LogP contribution in [0.5, 0.6) is 0 Å². The van der Waals surface area contributed by atoms with Crippen LogP contribution < -0.4 is 0 Å². The van der Waals surface area contributed by atoms with Gasteiger partial charge in [0.25, 0.3) is 0 Å². The lowest BCUT2D eigenvalue weighted by molar-refractivity contribution is 0.817. The average Bonchev–Trinajstić information content (AvgIpc) is 2.27. The summed E-state index contributed by atoms with van der Waals surface area (Å²) in [6.45, 7) is 5.99. The molecule has 1 aromatic carbocycles. The van der Waals surface area contributed by atoms with Crippen LogP contribution in [0.2, 0.25) is 0 Å². The molecule has 0 spiro atoms. The molecule has 0 heterocycles. The molecule has 0 saturated carbocycles. The van der Waals surface area contributed by atoms with Crippen molar-refractivity contribution in [1.82, 2.24) is 0 Å². The van der Waals surface area contributed by atoms with E-state index in [1.54, 1.807) is 0 Å². The Balaban J connectivity index is 3.18. The molecule has 3 heteroatoms. The molecule has 1 nitrogen and oxygen atoms in total. The second-order valence-corrected chi connectivity index (χ2v) is 5.48. The average molecular weight is 258 g/mol. The first-order valence-electron chi connectivity index (χ1n) is 5.49. The molecule has 0 aliphatic heterocycles. The summed E-state index contributed by atoms with van der Waals surface area (Å²) in [4.78, 5) is 4.54. The number of aliphatic imine (C=N–C) groups is 1. The lowest BCUT2D eigenvalue weighted by Gasteiger charge is -2.21. The standard InChI is InChI=1S/C13H17Cl2N/c1-4-13(14,15)12(16-10(2)3)11-8-6-5-7-9-11/h5-10H,4H2,1-3H3. The first-order valence-corrected chi connectivity index (χ1v) is 6.24. The van der Waals surface area contributed by atoms with Gasteiger partial charge < -0.3 is 0 Å². The van der Waals surface area contributed by atoms with Gasteiger partial charge in [0.1, 0.15) is 0 Å². The number of alkyl halides is 2. The minimum absolute atomic E-state index is 0.179. The summed E-state index contributed by atoms with van der Waals surface area (Å²) in [5.41, 5.74) is 1.75. The maximum absolute atomic E-state index is 6.30. The molecule has 0 aliphatic rings. The number of halogens is 2. The van der Waals surface area contributed by atoms with Crippen molar-refractivity contribution in [3.05, 3.63) is 35.9 Å². The largest absolute Gasteiger partial charge is 0.283 e. The predicted molar refractivity (Wildman–Crippen MR) is 72.8 cm³/mol. The minimum Gasteiger partial charge on any atom is -0.283 e. The Morgan fingerprint density at radius 3 is 2.25 bits per heavy atom. The van der Waals surface area contributed by atoms with E-state index in [0.29, 0.717) is 6.42 Å². The number of nitrogens with zero attached hydrogens (tertiary/aromatic N) is 1. The van der Waals surface area contributed by atoms with Gasteiger partial charge in [-0.1, -0.05) is 60.5 Å². The van der Waals surface area contributed by atoms with Gasteiger partial charge >= 0.3 is 0 Å². The van der Waals surface area contributed by atoms with Crippen LogP contribution in [0.25, 0.3) is 0 Å². The summed E-state index contributed by atoms with van der Waals surface area (Å²) >= 11 is 12.6. The fraction of sp³-hybridized carbons (Fsp3) is 0.462. The van der Waals surface area contributed by atoms with Crippen LogP contribution in [0.3, 0.4) is 0 Å². The molecule has 1 rings (SSSR count). The molecule has 0 aromatic heterocycles. The van der Waals surface area contributed by atoms with Crippen LogP contribution in [0.4, 0.5) is 0 Å². The molecular weight excluding hydrogens is 241 g/mol. The molecule has 88 valence electrons. The lowest BCUT2D eigenvalue weighted by atomic mass is 10.0. The summed E-state index contributed by atoms with van der Waals surface area (Å²) < 4.78 is -0.911. The Bertz CT molecular complexity index is 355. The maximum atomic E-state index is 6.30. The van der Waals surface area contributed by atoms with Crippen molar-refractivity contribution in [2.75, 3.05) is 0 Å². The highest BCUT2D eigenvalue weighted by molar-refractivity contribution is 6.60. The highest BCUT2D eigenvalue weighted by Gasteiger charge is 2.29. The van der Waals surface area contributed by atoms with Crippen molar-refractivity contribution in [1.29, 1.82) is 0 Å². The summed E-state index contributed by atoms with van der Waals surface area (Å²) in [5.74, 6) is 0. The van der Waals surface area contributed by atoms with Gasteiger partial charge in [0.2, 0.25) is 0 Å². The van der Waals surface area contributed by atoms with Crippen LogP contribution in [0.15, 0.2) is 35.3 Å². The van der Waals surface area contributed by atoms with Crippen LogP contribution >= 0.6 is 23.2 Å². The van der Waals surface area contributed by atoms with Crippen LogP contribution in [-0.4, -0.2) is 16.1 Å². The first kappa shape index (κ1) is 13.5. The SMILES string of the molecule is CCC(Cl)(Cl)C(=NC(C)C)c1ccccc1. The molecular formula is C13H17Cl2N. The molecule has 0 bridgehead atoms. The van der Waals surface area contributed by atoms with E-state index in [1.807, 2.05) is 51.1 Å². The first-order chi connectivity index (χ1) is 7.47. The van der Waals surface area contributed by atoms with Gasteiger partial charge in [-0.2, -0.15) is 0 Å². The molecule has 16 heavy (non-hydrogen) atoms. The molecule has 0 atom stereocenters. The van der Waals surface area contributed by atoms with Crippen molar-refractivity contribution in [2.24, 2.45) is 4.99 Å². The minimum atomic E-state index is -0.911. The Morgan fingerprint density at radius 1 is 1.25 bits per heavy atom. The van der Waals surface area contributed by atoms with Gasteiger partial charge in [-0.05, 0) is 25.8 Å². The smallest absolute Gasteiger partial charge is 0.159 e. The molecule has 0 fully saturated rings. The molecule has 0 N–H and O–H groups in total. The topological polar surface area (TPSA) is 12.4 Å². The van der Waals surface area contributed by atoms with Crippen molar-refractivity contribution >= 4 is 28.9 Å². The summed E-state index contributed by atoms with van der Waals surface area (Å²) in [5, 5.41) is 0. The van der Waals surface area contributed by atoms with Crippen molar-refractivity contribution in [3.8, 4) is 0 Å². The summed E-state index contributed by atoms with van der Waals surface area (Å²) in [7, 11) is 0. The second-order valence-electron chi connectivity index (χ2n) is 4.00. The molecule has 1 aromatic rings. The van der Waals surface area contributed by atoms with E-state index in [9.17, 15) is 0 Å². The lowest BCUT2D eigenvalue weighted by Crippen LogP contribution is -2.27. The number of hydrogen-bond acceptors (Lipinski definition) is 1. The Hall–Kier alpha value is -0.530. The van der Waals surface area contributed by atoms with Gasteiger partial charge in [0, 0.05) is 6.04 Å². The van der Waals surface area contributed by atoms with Gasteiger partial charge in [-0.25, -0.2) is 0 Å². The van der Waals surface area contributed by atoms with Crippen LogP contribution in [0.1, 0.15) is 32.8 Å². The van der Waals surface area contributed by atoms with Gasteiger partial charge in [-0.3, -0.25) is 4.99 Å². The Morgan fingerprint density at radius 2 is 1.81 bits per heavy atom. The fourth-order valence-corrected chi connectivity index (χ4v) is 1.72. The van der Waals surface area contributed by atoms with E-state index < -0.39 is 4.33 Å². The maximum Gasteiger partial charge on any atom is 0.159 e. The van der Waals surface area contributed by atoms with Crippen LogP contribution in [-0.2, 0) is 0 Å². The zero-order valence-corrected chi connectivity index (χ0v) is 11.4. The Labute approximate surface area is 107 Å². The van der Waals surface area contributed by atoms with E-state index in [4.69, 9.17) is 23.2 Å². The molecule has 0 saturated heterocycles. The highest BCUT2D eigenvalue weighted by Crippen LogP contribution is 2.30. The third-order valence-corrected chi connectivity index (χ3v) is 3.12. The summed E-state index contributed by atoms with van der Waals surface area (Å²) in [6.07, 6.45) is 0.635. The number of rotatable bonds is 4. The van der Waals surface area contributed by atoms with E-state index in [0.717, 1.165) is 11.3 Å². The van der Waals surface area contributed by atoms with Gasteiger partial charge in [0.05, 0.1) is 5.71 Å². The number of hydrogen-bond donors (Lipinski definition) is 0. The number of benzene rings is 1. The fourth-order valence-electron chi connectivity index (χ4n) is 1.40. The normalized spacial score (nSPS) is 13.2. The third-order valence-electron chi connectivity index (χ3n) is 2.23. The van der Waals surface area contributed by atoms with Crippen molar-refractivity contribution in [3.63, 3.8) is 0 Å². The van der Waals surface area contributed by atoms with E-state index >= 15 is 0 Å². The Kier molecular flexibility index (Phi) is 4.82. The predicted octanol–water partition coefficient (Wildman–Crippen LogP) is 4.47. The zero-order valence-electron chi connectivity index (χ0n) is 9.87. The third kappa shape index (κ3) is 3.50. The second kappa shape index (κ2) is 5.70. The van der Waals surface area contributed by atoms with Crippen LogP contribution in [0, 0.1) is 0 Å².